The Bertz CT molecular complexity index is 697. The molecule has 0 bridgehead atoms. The molecule has 1 aliphatic heterocycles. The van der Waals surface area contributed by atoms with Gasteiger partial charge in [0.05, 0.1) is 5.56 Å². The van der Waals surface area contributed by atoms with Crippen molar-refractivity contribution >= 4 is 5.91 Å². The van der Waals surface area contributed by atoms with E-state index < -0.39 is 11.9 Å². The minimum atomic E-state index is -4.48. The number of aryl methyl sites for hydroxylation is 1. The predicted octanol–water partition coefficient (Wildman–Crippen LogP) is 2.18. The van der Waals surface area contributed by atoms with Crippen LogP contribution < -0.4 is 0 Å². The lowest BCUT2D eigenvalue weighted by molar-refractivity contribution is -0.140. The number of rotatable bonds is 2. The molecule has 3 rings (SSSR count). The van der Waals surface area contributed by atoms with Crippen molar-refractivity contribution in [1.29, 1.82) is 0 Å². The standard InChI is InChI=1S/C14H16F3N5O/c1-21-8-19-20-12(21)9-2-4-22(5-3-9)13(23)10-6-11(18-7-10)14(15,16)17/h6-9,18H,2-5H2,1H3. The lowest BCUT2D eigenvalue weighted by Gasteiger charge is -2.31. The third kappa shape index (κ3) is 3.08. The summed E-state index contributed by atoms with van der Waals surface area (Å²) in [6.45, 7) is 0.978. The van der Waals surface area contributed by atoms with Crippen LogP contribution in [0.4, 0.5) is 13.2 Å². The molecule has 0 aliphatic carbocycles. The molecule has 0 saturated carbocycles. The van der Waals surface area contributed by atoms with Crippen molar-refractivity contribution in [3.63, 3.8) is 0 Å². The summed E-state index contributed by atoms with van der Waals surface area (Å²) >= 11 is 0. The molecule has 23 heavy (non-hydrogen) atoms. The Morgan fingerprint density at radius 1 is 1.35 bits per heavy atom. The lowest BCUT2D eigenvalue weighted by atomic mass is 9.95. The first-order valence-corrected chi connectivity index (χ1v) is 7.25. The first kappa shape index (κ1) is 15.6. The van der Waals surface area contributed by atoms with Gasteiger partial charge in [0.1, 0.15) is 17.8 Å². The average Bonchev–Trinajstić information content (AvgIpc) is 3.15. The predicted molar refractivity (Wildman–Crippen MR) is 74.7 cm³/mol. The van der Waals surface area contributed by atoms with Gasteiger partial charge >= 0.3 is 6.18 Å². The highest BCUT2D eigenvalue weighted by atomic mass is 19.4. The van der Waals surface area contributed by atoms with E-state index in [0.29, 0.717) is 13.1 Å². The molecule has 0 aromatic carbocycles. The maximum atomic E-state index is 12.6. The van der Waals surface area contributed by atoms with Crippen molar-refractivity contribution in [3.8, 4) is 0 Å². The Balaban J connectivity index is 1.64. The monoisotopic (exact) mass is 327 g/mol. The molecule has 1 aliphatic rings. The lowest BCUT2D eigenvalue weighted by Crippen LogP contribution is -2.38. The maximum Gasteiger partial charge on any atom is 0.431 e. The molecule has 1 amide bonds. The molecule has 2 aromatic rings. The van der Waals surface area contributed by atoms with E-state index in [0.717, 1.165) is 30.9 Å². The zero-order valence-electron chi connectivity index (χ0n) is 12.5. The van der Waals surface area contributed by atoms with Crippen LogP contribution in [0.3, 0.4) is 0 Å². The van der Waals surface area contributed by atoms with Crippen molar-refractivity contribution in [1.82, 2.24) is 24.6 Å². The SMILES string of the molecule is Cn1cnnc1C1CCN(C(=O)c2c[nH]c(C(F)(F)F)c2)CC1. The van der Waals surface area contributed by atoms with Gasteiger partial charge in [-0.15, -0.1) is 10.2 Å². The van der Waals surface area contributed by atoms with Gasteiger partial charge in [-0.05, 0) is 18.9 Å². The summed E-state index contributed by atoms with van der Waals surface area (Å²) in [6.07, 6.45) is -0.300. The van der Waals surface area contributed by atoms with Gasteiger partial charge in [0, 0.05) is 32.3 Å². The summed E-state index contributed by atoms with van der Waals surface area (Å²) in [7, 11) is 1.87. The molecule has 0 radical (unpaired) electrons. The number of amides is 1. The maximum absolute atomic E-state index is 12.6. The zero-order chi connectivity index (χ0) is 16.6. The first-order valence-electron chi connectivity index (χ1n) is 7.25. The summed E-state index contributed by atoms with van der Waals surface area (Å²) in [6, 6.07) is 0.858. The van der Waals surface area contributed by atoms with E-state index >= 15 is 0 Å². The number of alkyl halides is 3. The Hall–Kier alpha value is -2.32. The second kappa shape index (κ2) is 5.71. The zero-order valence-corrected chi connectivity index (χ0v) is 12.5. The highest BCUT2D eigenvalue weighted by Gasteiger charge is 2.34. The Morgan fingerprint density at radius 3 is 2.57 bits per heavy atom. The molecule has 124 valence electrons. The number of H-pyrrole nitrogens is 1. The largest absolute Gasteiger partial charge is 0.431 e. The van der Waals surface area contributed by atoms with Crippen LogP contribution in [0.5, 0.6) is 0 Å². The van der Waals surface area contributed by atoms with E-state index in [1.54, 1.807) is 11.2 Å². The van der Waals surface area contributed by atoms with E-state index in [1.165, 1.54) is 0 Å². The number of carbonyl (C=O) groups is 1. The molecule has 6 nitrogen and oxygen atoms in total. The molecule has 0 unspecified atom stereocenters. The highest BCUT2D eigenvalue weighted by Crippen LogP contribution is 2.30. The topological polar surface area (TPSA) is 66.8 Å². The molecule has 1 N–H and O–H groups in total. The second-order valence-corrected chi connectivity index (χ2v) is 5.67. The van der Waals surface area contributed by atoms with Crippen molar-refractivity contribution in [2.24, 2.45) is 7.05 Å². The van der Waals surface area contributed by atoms with Crippen LogP contribution in [0.2, 0.25) is 0 Å². The number of halogens is 3. The van der Waals surface area contributed by atoms with Crippen LogP contribution in [0.1, 0.15) is 40.6 Å². The number of aromatic nitrogens is 4. The number of carbonyl (C=O) groups excluding carboxylic acids is 1. The van der Waals surface area contributed by atoms with Crippen molar-refractivity contribution in [2.45, 2.75) is 24.9 Å². The molecule has 0 atom stereocenters. The average molecular weight is 327 g/mol. The quantitative estimate of drug-likeness (QED) is 0.919. The number of nitrogens with zero attached hydrogens (tertiary/aromatic N) is 4. The molecular formula is C14H16F3N5O. The third-order valence-corrected chi connectivity index (χ3v) is 4.13. The van der Waals surface area contributed by atoms with E-state index in [4.69, 9.17) is 0 Å². The molecule has 0 spiro atoms. The molecular weight excluding hydrogens is 311 g/mol. The van der Waals surface area contributed by atoms with Gasteiger partial charge in [0.15, 0.2) is 0 Å². The van der Waals surface area contributed by atoms with Crippen molar-refractivity contribution in [2.75, 3.05) is 13.1 Å². The fourth-order valence-electron chi connectivity index (χ4n) is 2.87. The van der Waals surface area contributed by atoms with Crippen LogP contribution in [0.15, 0.2) is 18.6 Å². The number of nitrogens with one attached hydrogen (secondary N) is 1. The fraction of sp³-hybridized carbons (Fsp3) is 0.500. The number of likely N-dealkylation sites (tertiary alicyclic amines) is 1. The summed E-state index contributed by atoms with van der Waals surface area (Å²) in [5.74, 6) is 0.703. The van der Waals surface area contributed by atoms with Gasteiger partial charge in [-0.25, -0.2) is 0 Å². The summed E-state index contributed by atoms with van der Waals surface area (Å²) < 4.78 is 39.6. The van der Waals surface area contributed by atoms with Crippen LogP contribution in [-0.4, -0.2) is 43.6 Å². The van der Waals surface area contributed by atoms with Gasteiger partial charge in [-0.3, -0.25) is 4.79 Å². The summed E-state index contributed by atoms with van der Waals surface area (Å²) in [5, 5.41) is 7.92. The molecule has 1 saturated heterocycles. The smallest absolute Gasteiger partial charge is 0.357 e. The van der Waals surface area contributed by atoms with Gasteiger partial charge in [0.25, 0.3) is 5.91 Å². The number of aromatic amines is 1. The van der Waals surface area contributed by atoms with E-state index in [2.05, 4.69) is 15.2 Å². The Labute approximate surface area is 130 Å². The Kier molecular flexibility index (Phi) is 3.87. The van der Waals surface area contributed by atoms with Gasteiger partial charge in [-0.1, -0.05) is 0 Å². The minimum absolute atomic E-state index is 0.0365. The highest BCUT2D eigenvalue weighted by molar-refractivity contribution is 5.94. The number of hydrogen-bond donors (Lipinski definition) is 1. The minimum Gasteiger partial charge on any atom is -0.357 e. The molecule has 3 heterocycles. The Morgan fingerprint density at radius 2 is 2.04 bits per heavy atom. The van der Waals surface area contributed by atoms with Crippen LogP contribution in [0.25, 0.3) is 0 Å². The van der Waals surface area contributed by atoms with Crippen molar-refractivity contribution in [3.05, 3.63) is 35.7 Å². The van der Waals surface area contributed by atoms with E-state index in [1.807, 2.05) is 11.6 Å². The molecule has 9 heteroatoms. The third-order valence-electron chi connectivity index (χ3n) is 4.13. The first-order chi connectivity index (χ1) is 10.9. The van der Waals surface area contributed by atoms with Crippen LogP contribution in [0, 0.1) is 0 Å². The van der Waals surface area contributed by atoms with Gasteiger partial charge in [0.2, 0.25) is 0 Å². The summed E-state index contributed by atoms with van der Waals surface area (Å²) in [5.41, 5.74) is -0.871. The van der Waals surface area contributed by atoms with E-state index in [-0.39, 0.29) is 17.4 Å². The fourth-order valence-corrected chi connectivity index (χ4v) is 2.87. The molecule has 1 fully saturated rings. The molecule has 2 aromatic heterocycles. The van der Waals surface area contributed by atoms with Gasteiger partial charge in [-0.2, -0.15) is 13.2 Å². The van der Waals surface area contributed by atoms with E-state index in [9.17, 15) is 18.0 Å². The van der Waals surface area contributed by atoms with Crippen LogP contribution in [-0.2, 0) is 13.2 Å². The number of hydrogen-bond acceptors (Lipinski definition) is 3. The van der Waals surface area contributed by atoms with Crippen molar-refractivity contribution < 1.29 is 18.0 Å². The van der Waals surface area contributed by atoms with Crippen LogP contribution >= 0.6 is 0 Å². The summed E-state index contributed by atoms with van der Waals surface area (Å²) in [4.78, 5) is 16.0. The second-order valence-electron chi connectivity index (χ2n) is 5.67. The normalized spacial score (nSPS) is 16.8. The van der Waals surface area contributed by atoms with Gasteiger partial charge < -0.3 is 14.5 Å². The number of piperidine rings is 1.